The van der Waals surface area contributed by atoms with Crippen molar-refractivity contribution in [2.75, 3.05) is 0 Å². The zero-order chi connectivity index (χ0) is 13.2. The van der Waals surface area contributed by atoms with Gasteiger partial charge in [0.05, 0.1) is 0 Å². The van der Waals surface area contributed by atoms with Crippen LogP contribution in [0.4, 0.5) is 4.39 Å². The molecule has 2 heteroatoms. The first-order valence-electron chi connectivity index (χ1n) is 6.82. The predicted octanol–water partition coefficient (Wildman–Crippen LogP) is 4.05. The van der Waals surface area contributed by atoms with Crippen molar-refractivity contribution in [1.82, 2.24) is 5.32 Å². The maximum Gasteiger partial charge on any atom is 0.131 e. The molecule has 0 heterocycles. The minimum absolute atomic E-state index is 0.135. The van der Waals surface area contributed by atoms with E-state index in [2.05, 4.69) is 5.32 Å². The Kier molecular flexibility index (Phi) is 3.34. The van der Waals surface area contributed by atoms with Gasteiger partial charge in [-0.05, 0) is 42.5 Å². The summed E-state index contributed by atoms with van der Waals surface area (Å²) < 4.78 is 14.2. The molecule has 0 unspecified atom stereocenters. The van der Waals surface area contributed by atoms with Crippen LogP contribution in [0.3, 0.4) is 0 Å². The Bertz CT molecular complexity index is 588. The molecular weight excluding hydrogens is 237 g/mol. The average Bonchev–Trinajstić information content (AvgIpc) is 3.22. The number of nitrogens with one attached hydrogen (secondary N) is 1. The number of hydrogen-bond acceptors (Lipinski definition) is 1. The normalized spacial score (nSPS) is 14.6. The Hall–Kier alpha value is -1.67. The standard InChI is InChI=1S/C17H18FN/c1-12-4-2-3-5-15(12)16-9-6-13(10-17(16)18)11-19-14-7-8-14/h2-6,9-10,14,19H,7-8,11H2,1H3. The topological polar surface area (TPSA) is 12.0 Å². The molecule has 2 aromatic carbocycles. The highest BCUT2D eigenvalue weighted by Gasteiger charge is 2.20. The van der Waals surface area contributed by atoms with E-state index in [1.54, 1.807) is 6.07 Å². The molecule has 3 rings (SSSR count). The molecule has 1 N–H and O–H groups in total. The number of hydrogen-bond donors (Lipinski definition) is 1. The van der Waals surface area contributed by atoms with E-state index in [4.69, 9.17) is 0 Å². The molecule has 98 valence electrons. The van der Waals surface area contributed by atoms with Crippen LogP contribution in [0.25, 0.3) is 11.1 Å². The van der Waals surface area contributed by atoms with Crippen LogP contribution in [0.5, 0.6) is 0 Å². The lowest BCUT2D eigenvalue weighted by Crippen LogP contribution is -2.15. The molecule has 0 radical (unpaired) electrons. The van der Waals surface area contributed by atoms with Gasteiger partial charge in [-0.15, -0.1) is 0 Å². The number of aryl methyl sites for hydroxylation is 1. The highest BCUT2D eigenvalue weighted by atomic mass is 19.1. The first-order valence-corrected chi connectivity index (χ1v) is 6.82. The fourth-order valence-corrected chi connectivity index (χ4v) is 2.31. The summed E-state index contributed by atoms with van der Waals surface area (Å²) in [6.07, 6.45) is 2.51. The maximum absolute atomic E-state index is 14.2. The third kappa shape index (κ3) is 2.85. The van der Waals surface area contributed by atoms with Crippen LogP contribution >= 0.6 is 0 Å². The Morgan fingerprint density at radius 1 is 1.11 bits per heavy atom. The number of halogens is 1. The molecule has 1 fully saturated rings. The molecule has 0 spiro atoms. The quantitative estimate of drug-likeness (QED) is 0.869. The minimum atomic E-state index is -0.135. The third-order valence-corrected chi connectivity index (χ3v) is 3.64. The van der Waals surface area contributed by atoms with Crippen LogP contribution in [0.15, 0.2) is 42.5 Å². The molecule has 0 aliphatic heterocycles. The van der Waals surface area contributed by atoms with Gasteiger partial charge in [0, 0.05) is 18.2 Å². The second-order valence-electron chi connectivity index (χ2n) is 5.28. The molecule has 0 amide bonds. The van der Waals surface area contributed by atoms with Crippen molar-refractivity contribution in [1.29, 1.82) is 0 Å². The van der Waals surface area contributed by atoms with Crippen LogP contribution in [0, 0.1) is 12.7 Å². The van der Waals surface area contributed by atoms with E-state index in [9.17, 15) is 4.39 Å². The largest absolute Gasteiger partial charge is 0.310 e. The fraction of sp³-hybridized carbons (Fsp3) is 0.294. The lowest BCUT2D eigenvalue weighted by Gasteiger charge is -2.09. The highest BCUT2D eigenvalue weighted by Crippen LogP contribution is 2.27. The van der Waals surface area contributed by atoms with Crippen molar-refractivity contribution in [2.45, 2.75) is 32.4 Å². The molecule has 1 saturated carbocycles. The summed E-state index contributed by atoms with van der Waals surface area (Å²) in [6.45, 7) is 2.77. The van der Waals surface area contributed by atoms with Gasteiger partial charge < -0.3 is 5.32 Å². The summed E-state index contributed by atoms with van der Waals surface area (Å²) in [5.41, 5.74) is 3.78. The van der Waals surface area contributed by atoms with Gasteiger partial charge in [-0.2, -0.15) is 0 Å². The lowest BCUT2D eigenvalue weighted by molar-refractivity contribution is 0.623. The highest BCUT2D eigenvalue weighted by molar-refractivity contribution is 5.67. The van der Waals surface area contributed by atoms with Crippen LogP contribution in [0.1, 0.15) is 24.0 Å². The zero-order valence-corrected chi connectivity index (χ0v) is 11.1. The van der Waals surface area contributed by atoms with E-state index >= 15 is 0 Å². The summed E-state index contributed by atoms with van der Waals surface area (Å²) in [5.74, 6) is -0.135. The second kappa shape index (κ2) is 5.14. The van der Waals surface area contributed by atoms with E-state index in [0.717, 1.165) is 23.2 Å². The molecule has 1 aliphatic rings. The lowest BCUT2D eigenvalue weighted by atomic mass is 9.99. The Morgan fingerprint density at radius 3 is 2.58 bits per heavy atom. The molecule has 0 atom stereocenters. The van der Waals surface area contributed by atoms with Crippen molar-refractivity contribution in [2.24, 2.45) is 0 Å². The van der Waals surface area contributed by atoms with Gasteiger partial charge in [0.1, 0.15) is 5.82 Å². The van der Waals surface area contributed by atoms with Crippen molar-refractivity contribution in [3.8, 4) is 11.1 Å². The van der Waals surface area contributed by atoms with Gasteiger partial charge in [0.25, 0.3) is 0 Å². The van der Waals surface area contributed by atoms with Gasteiger partial charge in [-0.25, -0.2) is 4.39 Å². The summed E-state index contributed by atoms with van der Waals surface area (Å²) in [5, 5.41) is 3.40. The van der Waals surface area contributed by atoms with Gasteiger partial charge >= 0.3 is 0 Å². The first-order chi connectivity index (χ1) is 9.24. The summed E-state index contributed by atoms with van der Waals surface area (Å²) in [4.78, 5) is 0. The summed E-state index contributed by atoms with van der Waals surface area (Å²) >= 11 is 0. The molecule has 1 nitrogen and oxygen atoms in total. The zero-order valence-electron chi connectivity index (χ0n) is 11.1. The molecule has 19 heavy (non-hydrogen) atoms. The SMILES string of the molecule is Cc1ccccc1-c1ccc(CNC2CC2)cc1F. The van der Waals surface area contributed by atoms with Crippen LogP contribution in [-0.2, 0) is 6.54 Å². The van der Waals surface area contributed by atoms with Crippen LogP contribution < -0.4 is 5.32 Å². The third-order valence-electron chi connectivity index (χ3n) is 3.64. The van der Waals surface area contributed by atoms with Crippen LogP contribution in [-0.4, -0.2) is 6.04 Å². The van der Waals surface area contributed by atoms with Gasteiger partial charge in [-0.1, -0.05) is 36.4 Å². The minimum Gasteiger partial charge on any atom is -0.310 e. The van der Waals surface area contributed by atoms with E-state index in [0.29, 0.717) is 11.6 Å². The van der Waals surface area contributed by atoms with Crippen molar-refractivity contribution in [3.05, 3.63) is 59.4 Å². The van der Waals surface area contributed by atoms with E-state index in [1.165, 1.54) is 12.8 Å². The molecule has 2 aromatic rings. The van der Waals surface area contributed by atoms with Gasteiger partial charge in [0.2, 0.25) is 0 Å². The first kappa shape index (κ1) is 12.4. The molecule has 0 aromatic heterocycles. The van der Waals surface area contributed by atoms with Crippen LogP contribution in [0.2, 0.25) is 0 Å². The smallest absolute Gasteiger partial charge is 0.131 e. The second-order valence-corrected chi connectivity index (χ2v) is 5.28. The molecule has 1 aliphatic carbocycles. The predicted molar refractivity (Wildman–Crippen MR) is 76.4 cm³/mol. The monoisotopic (exact) mass is 255 g/mol. The van der Waals surface area contributed by atoms with Gasteiger partial charge in [-0.3, -0.25) is 0 Å². The van der Waals surface area contributed by atoms with E-state index in [-0.39, 0.29) is 5.82 Å². The van der Waals surface area contributed by atoms with Gasteiger partial charge in [0.15, 0.2) is 0 Å². The number of benzene rings is 2. The van der Waals surface area contributed by atoms with E-state index in [1.807, 2.05) is 43.3 Å². The van der Waals surface area contributed by atoms with Crippen molar-refractivity contribution < 1.29 is 4.39 Å². The number of rotatable bonds is 4. The fourth-order valence-electron chi connectivity index (χ4n) is 2.31. The van der Waals surface area contributed by atoms with Crippen molar-refractivity contribution >= 4 is 0 Å². The summed E-state index contributed by atoms with van der Waals surface area (Å²) in [7, 11) is 0. The molecule has 0 bridgehead atoms. The van der Waals surface area contributed by atoms with E-state index < -0.39 is 0 Å². The summed E-state index contributed by atoms with van der Waals surface area (Å²) in [6, 6.07) is 14.1. The Morgan fingerprint density at radius 2 is 1.89 bits per heavy atom. The van der Waals surface area contributed by atoms with Crippen molar-refractivity contribution in [3.63, 3.8) is 0 Å². The molecular formula is C17H18FN. The Balaban J connectivity index is 1.84. The maximum atomic E-state index is 14.2. The average molecular weight is 255 g/mol. The Labute approximate surface area is 113 Å². The molecule has 0 saturated heterocycles.